The van der Waals surface area contributed by atoms with Crippen LogP contribution >= 0.6 is 7.82 Å². The topological polar surface area (TPSA) is 172 Å². The van der Waals surface area contributed by atoms with Crippen LogP contribution in [0.25, 0.3) is 0 Å². The maximum atomic E-state index is 12.6. The summed E-state index contributed by atoms with van der Waals surface area (Å²) in [6.45, 7) is 2.65. The number of carbonyl (C=O) groups excluding carboxylic acids is 2. The summed E-state index contributed by atoms with van der Waals surface area (Å²) in [6.07, 6.45) is 40.3. The van der Waals surface area contributed by atoms with Crippen LogP contribution in [0.4, 0.5) is 0 Å². The van der Waals surface area contributed by atoms with Gasteiger partial charge in [0, 0.05) is 12.8 Å². The lowest BCUT2D eigenvalue weighted by atomic mass is 10.0. The van der Waals surface area contributed by atoms with E-state index in [-0.39, 0.29) is 19.4 Å². The van der Waals surface area contributed by atoms with Crippen molar-refractivity contribution in [2.45, 2.75) is 180 Å². The molecule has 0 radical (unpaired) electrons. The van der Waals surface area contributed by atoms with Gasteiger partial charge in [-0.2, -0.15) is 0 Å². The quantitative estimate of drug-likeness (QED) is 0.0235. The molecule has 11 nitrogen and oxygen atoms in total. The molecule has 0 aromatic rings. The van der Waals surface area contributed by atoms with Gasteiger partial charge in [0.25, 0.3) is 0 Å². The van der Waals surface area contributed by atoms with Gasteiger partial charge in [-0.1, -0.05) is 152 Å². The fourth-order valence-corrected chi connectivity index (χ4v) is 6.13. The Hall–Kier alpha value is -2.56. The maximum absolute atomic E-state index is 12.6. The first-order valence-corrected chi connectivity index (χ1v) is 22.2. The number of hydrogen-bond donors (Lipinski definition) is 3. The largest absolute Gasteiger partial charge is 0.480 e. The number of carboxylic acid groups (broad SMARTS) is 1. The van der Waals surface area contributed by atoms with Gasteiger partial charge < -0.3 is 25.2 Å². The van der Waals surface area contributed by atoms with E-state index in [9.17, 15) is 23.8 Å². The molecule has 12 heteroatoms. The van der Waals surface area contributed by atoms with Gasteiger partial charge in [-0.25, -0.2) is 4.57 Å². The number of hydrogen-bond acceptors (Lipinski definition) is 9. The number of allylic oxidation sites excluding steroid dienone is 8. The number of esters is 2. The average molecular weight is 784 g/mol. The summed E-state index contributed by atoms with van der Waals surface area (Å²) < 4.78 is 32.6. The van der Waals surface area contributed by atoms with E-state index >= 15 is 0 Å². The van der Waals surface area contributed by atoms with Crippen molar-refractivity contribution in [3.63, 3.8) is 0 Å². The molecule has 0 saturated heterocycles. The summed E-state index contributed by atoms with van der Waals surface area (Å²) in [7, 11) is -4.72. The van der Waals surface area contributed by atoms with Gasteiger partial charge in [0.2, 0.25) is 0 Å². The molecule has 312 valence electrons. The van der Waals surface area contributed by atoms with Gasteiger partial charge in [-0.15, -0.1) is 0 Å². The minimum Gasteiger partial charge on any atom is -0.480 e. The highest BCUT2D eigenvalue weighted by molar-refractivity contribution is 7.47. The van der Waals surface area contributed by atoms with E-state index in [4.69, 9.17) is 24.8 Å². The zero-order valence-corrected chi connectivity index (χ0v) is 34.4. The Morgan fingerprint density at radius 3 is 1.56 bits per heavy atom. The third kappa shape index (κ3) is 36.4. The van der Waals surface area contributed by atoms with Crippen molar-refractivity contribution >= 4 is 25.7 Å². The molecule has 0 heterocycles. The van der Waals surface area contributed by atoms with Crippen LogP contribution in [0.1, 0.15) is 168 Å². The van der Waals surface area contributed by atoms with Crippen LogP contribution in [0.3, 0.4) is 0 Å². The van der Waals surface area contributed by atoms with Crippen LogP contribution in [0.5, 0.6) is 0 Å². The molecule has 0 bridgehead atoms. The molecule has 0 aromatic carbocycles. The van der Waals surface area contributed by atoms with Crippen LogP contribution in [0, 0.1) is 0 Å². The number of ether oxygens (including phenoxy) is 2. The molecule has 3 atom stereocenters. The van der Waals surface area contributed by atoms with Crippen molar-refractivity contribution in [2.24, 2.45) is 5.73 Å². The van der Waals surface area contributed by atoms with E-state index < -0.39 is 51.1 Å². The van der Waals surface area contributed by atoms with Crippen molar-refractivity contribution in [1.29, 1.82) is 0 Å². The van der Waals surface area contributed by atoms with E-state index in [0.717, 1.165) is 70.6 Å². The number of carbonyl (C=O) groups is 3. The minimum atomic E-state index is -4.72. The predicted molar refractivity (Wildman–Crippen MR) is 217 cm³/mol. The molecule has 0 aromatic heterocycles. The molecule has 0 amide bonds. The monoisotopic (exact) mass is 784 g/mol. The highest BCUT2D eigenvalue weighted by atomic mass is 31.2. The molecule has 0 fully saturated rings. The first-order valence-electron chi connectivity index (χ1n) is 20.7. The second-order valence-electron chi connectivity index (χ2n) is 13.7. The van der Waals surface area contributed by atoms with Gasteiger partial charge in [-0.05, 0) is 51.4 Å². The van der Waals surface area contributed by atoms with E-state index in [2.05, 4.69) is 67.0 Å². The van der Waals surface area contributed by atoms with Gasteiger partial charge in [0.1, 0.15) is 12.6 Å². The Morgan fingerprint density at radius 2 is 1.04 bits per heavy atom. The number of phosphoric acid groups is 1. The Morgan fingerprint density at radius 1 is 0.593 bits per heavy atom. The number of unbranched alkanes of at least 4 members (excludes halogenated alkanes) is 16. The SMILES string of the molecule is CCC=CCC=CCC=CCC=CCCCCCCC(=O)OC(COC(=O)CCCCCCCCCCCCCCC)COP(=O)(O)OCC(N)C(=O)O. The van der Waals surface area contributed by atoms with E-state index in [1.807, 2.05) is 0 Å². The molecule has 54 heavy (non-hydrogen) atoms. The summed E-state index contributed by atoms with van der Waals surface area (Å²) in [5.41, 5.74) is 5.32. The minimum absolute atomic E-state index is 0.133. The molecule has 4 N–H and O–H groups in total. The molecular formula is C42H74NO10P. The first-order chi connectivity index (χ1) is 26.1. The first kappa shape index (κ1) is 51.4. The molecule has 0 aliphatic carbocycles. The van der Waals surface area contributed by atoms with Crippen LogP contribution in [-0.2, 0) is 37.5 Å². The zero-order valence-electron chi connectivity index (χ0n) is 33.6. The maximum Gasteiger partial charge on any atom is 0.472 e. The lowest BCUT2D eigenvalue weighted by Gasteiger charge is -2.20. The molecular weight excluding hydrogens is 709 g/mol. The Kier molecular flexibility index (Phi) is 35.6. The van der Waals surface area contributed by atoms with Crippen molar-refractivity contribution in [1.82, 2.24) is 0 Å². The Balaban J connectivity index is 4.44. The molecule has 0 spiro atoms. The van der Waals surface area contributed by atoms with Crippen molar-refractivity contribution in [3.05, 3.63) is 48.6 Å². The van der Waals surface area contributed by atoms with Crippen molar-refractivity contribution in [2.75, 3.05) is 19.8 Å². The van der Waals surface area contributed by atoms with Crippen molar-refractivity contribution in [3.8, 4) is 0 Å². The van der Waals surface area contributed by atoms with Gasteiger partial charge in [0.05, 0.1) is 13.2 Å². The van der Waals surface area contributed by atoms with Gasteiger partial charge in [0.15, 0.2) is 6.10 Å². The van der Waals surface area contributed by atoms with E-state index in [0.29, 0.717) is 12.8 Å². The molecule has 0 aliphatic rings. The highest BCUT2D eigenvalue weighted by Gasteiger charge is 2.28. The number of aliphatic carboxylic acids is 1. The molecule has 0 saturated carbocycles. The number of nitrogens with two attached hydrogens (primary N) is 1. The van der Waals surface area contributed by atoms with Crippen LogP contribution in [0.15, 0.2) is 48.6 Å². The van der Waals surface area contributed by atoms with Crippen LogP contribution < -0.4 is 5.73 Å². The number of phosphoric ester groups is 1. The highest BCUT2D eigenvalue weighted by Crippen LogP contribution is 2.43. The Bertz CT molecular complexity index is 1110. The molecule has 0 rings (SSSR count). The van der Waals surface area contributed by atoms with E-state index in [1.165, 1.54) is 57.8 Å². The van der Waals surface area contributed by atoms with Gasteiger partial charge >= 0.3 is 25.7 Å². The molecule has 3 unspecified atom stereocenters. The summed E-state index contributed by atoms with van der Waals surface area (Å²) >= 11 is 0. The fraction of sp³-hybridized carbons (Fsp3) is 0.738. The standard InChI is InChI=1S/C42H74NO10P/c1-3-5-7-9-11-13-15-17-18-19-20-22-24-26-28-30-32-34-41(45)53-38(36-51-54(48,49)52-37-39(43)42(46)47)35-50-40(44)33-31-29-27-25-23-21-16-14-12-10-8-6-4-2/h5,7,11,13,17-18,20,22,38-39H,3-4,6,8-10,12,14-16,19,21,23-37,43H2,1-2H3,(H,46,47)(H,48,49). The average Bonchev–Trinajstić information content (AvgIpc) is 3.14. The van der Waals surface area contributed by atoms with Gasteiger partial charge in [-0.3, -0.25) is 23.4 Å². The smallest absolute Gasteiger partial charge is 0.472 e. The lowest BCUT2D eigenvalue weighted by molar-refractivity contribution is -0.161. The third-order valence-corrected chi connectivity index (χ3v) is 9.54. The number of rotatable bonds is 38. The van der Waals surface area contributed by atoms with Crippen LogP contribution in [0.2, 0.25) is 0 Å². The predicted octanol–water partition coefficient (Wildman–Crippen LogP) is 10.6. The summed E-state index contributed by atoms with van der Waals surface area (Å²) in [5.74, 6) is -2.41. The second-order valence-corrected chi connectivity index (χ2v) is 15.2. The lowest BCUT2D eigenvalue weighted by Crippen LogP contribution is -2.34. The second kappa shape index (κ2) is 37.4. The van der Waals surface area contributed by atoms with Crippen LogP contribution in [-0.4, -0.2) is 59.9 Å². The molecule has 0 aliphatic heterocycles. The zero-order chi connectivity index (χ0) is 40.0. The summed E-state index contributed by atoms with van der Waals surface area (Å²) in [4.78, 5) is 45.9. The summed E-state index contributed by atoms with van der Waals surface area (Å²) in [5, 5.41) is 8.87. The number of carboxylic acids is 1. The Labute approximate surface area is 326 Å². The fourth-order valence-electron chi connectivity index (χ4n) is 5.35. The van der Waals surface area contributed by atoms with Crippen molar-refractivity contribution < 1.29 is 47.5 Å². The third-order valence-electron chi connectivity index (χ3n) is 8.59. The summed E-state index contributed by atoms with van der Waals surface area (Å²) in [6, 6.07) is -1.53. The normalized spacial score (nSPS) is 14.3. The van der Waals surface area contributed by atoms with E-state index in [1.54, 1.807) is 0 Å².